The molecule has 0 aliphatic carbocycles. The van der Waals surface area contributed by atoms with Crippen LogP contribution in [0.25, 0.3) is 11.3 Å². The Morgan fingerprint density at radius 1 is 1.47 bits per heavy atom. The third kappa shape index (κ3) is 2.59. The summed E-state index contributed by atoms with van der Waals surface area (Å²) in [6, 6.07) is 9.50. The molecule has 0 saturated heterocycles. The van der Waals surface area contributed by atoms with E-state index in [0.29, 0.717) is 11.4 Å². The third-order valence-electron chi connectivity index (χ3n) is 2.16. The Balaban J connectivity index is 2.27. The number of carbonyl (C=O) groups excluding carboxylic acids is 1. The minimum absolute atomic E-state index is 0.613. The second-order valence-electron chi connectivity index (χ2n) is 3.16. The molecule has 2 N–H and O–H groups in total. The summed E-state index contributed by atoms with van der Waals surface area (Å²) in [5.74, 6) is 0.774. The number of hydrogen-bond donors (Lipinski definition) is 2. The SMILES string of the molecule is COc1ccccc1-c1cc(SNC=O)n[nH]1. The fraction of sp³-hybridized carbons (Fsp3) is 0.0909. The molecule has 1 aromatic carbocycles. The van der Waals surface area contributed by atoms with Crippen molar-refractivity contribution < 1.29 is 9.53 Å². The van der Waals surface area contributed by atoms with E-state index in [2.05, 4.69) is 14.9 Å². The van der Waals surface area contributed by atoms with Crippen molar-refractivity contribution in [2.75, 3.05) is 7.11 Å². The Hall–Kier alpha value is -1.95. The van der Waals surface area contributed by atoms with E-state index in [0.717, 1.165) is 29.0 Å². The van der Waals surface area contributed by atoms with Crippen molar-refractivity contribution >= 4 is 18.4 Å². The molecule has 2 rings (SSSR count). The van der Waals surface area contributed by atoms with Crippen LogP contribution >= 0.6 is 11.9 Å². The summed E-state index contributed by atoms with van der Waals surface area (Å²) in [5, 5.41) is 7.66. The Morgan fingerprint density at radius 3 is 3.06 bits per heavy atom. The monoisotopic (exact) mass is 249 g/mol. The van der Waals surface area contributed by atoms with Gasteiger partial charge in [0.1, 0.15) is 10.8 Å². The number of ether oxygens (including phenoxy) is 1. The van der Waals surface area contributed by atoms with Crippen LogP contribution < -0.4 is 9.46 Å². The smallest absolute Gasteiger partial charge is 0.217 e. The first-order chi connectivity index (χ1) is 8.35. The maximum Gasteiger partial charge on any atom is 0.217 e. The van der Waals surface area contributed by atoms with Gasteiger partial charge in [0.05, 0.1) is 12.8 Å². The van der Waals surface area contributed by atoms with Gasteiger partial charge in [0.25, 0.3) is 0 Å². The zero-order valence-electron chi connectivity index (χ0n) is 9.14. The highest BCUT2D eigenvalue weighted by Crippen LogP contribution is 2.29. The molecule has 0 spiro atoms. The van der Waals surface area contributed by atoms with Crippen molar-refractivity contribution in [3.63, 3.8) is 0 Å². The van der Waals surface area contributed by atoms with Gasteiger partial charge in [-0.15, -0.1) is 0 Å². The number of aromatic amines is 1. The van der Waals surface area contributed by atoms with E-state index < -0.39 is 0 Å². The first kappa shape index (κ1) is 11.5. The van der Waals surface area contributed by atoms with Gasteiger partial charge in [0.15, 0.2) is 0 Å². The van der Waals surface area contributed by atoms with E-state index in [-0.39, 0.29) is 0 Å². The lowest BCUT2D eigenvalue weighted by Crippen LogP contribution is -1.96. The molecule has 2 aromatic rings. The zero-order chi connectivity index (χ0) is 12.1. The third-order valence-corrected chi connectivity index (χ3v) is 2.80. The predicted octanol–water partition coefficient (Wildman–Crippen LogP) is 1.84. The number of methoxy groups -OCH3 is 1. The molecule has 1 amide bonds. The molecule has 5 nitrogen and oxygen atoms in total. The van der Waals surface area contributed by atoms with Crippen molar-refractivity contribution in [2.24, 2.45) is 0 Å². The summed E-state index contributed by atoms with van der Waals surface area (Å²) in [6.45, 7) is 0. The van der Waals surface area contributed by atoms with E-state index >= 15 is 0 Å². The van der Waals surface area contributed by atoms with Crippen LogP contribution in [-0.4, -0.2) is 23.7 Å². The Labute approximate surface area is 103 Å². The Bertz CT molecular complexity index is 513. The molecule has 0 bridgehead atoms. The van der Waals surface area contributed by atoms with E-state index in [1.807, 2.05) is 30.3 Å². The number of nitrogens with zero attached hydrogens (tertiary/aromatic N) is 1. The van der Waals surface area contributed by atoms with Gasteiger partial charge in [0.2, 0.25) is 6.41 Å². The molecular weight excluding hydrogens is 238 g/mol. The number of amides is 1. The van der Waals surface area contributed by atoms with Crippen molar-refractivity contribution in [3.05, 3.63) is 30.3 Å². The first-order valence-corrected chi connectivity index (χ1v) is 5.71. The van der Waals surface area contributed by atoms with Crippen LogP contribution in [0.1, 0.15) is 0 Å². The van der Waals surface area contributed by atoms with Crippen molar-refractivity contribution in [3.8, 4) is 17.0 Å². The molecule has 1 aromatic heterocycles. The number of hydrogen-bond acceptors (Lipinski definition) is 4. The summed E-state index contributed by atoms with van der Waals surface area (Å²) < 4.78 is 7.74. The molecule has 0 radical (unpaired) electrons. The fourth-order valence-electron chi connectivity index (χ4n) is 1.45. The van der Waals surface area contributed by atoms with Crippen molar-refractivity contribution in [1.82, 2.24) is 14.9 Å². The number of H-pyrrole nitrogens is 1. The molecule has 6 heteroatoms. The largest absolute Gasteiger partial charge is 0.496 e. The van der Waals surface area contributed by atoms with E-state index in [9.17, 15) is 4.79 Å². The quantitative estimate of drug-likeness (QED) is 0.626. The van der Waals surface area contributed by atoms with Gasteiger partial charge in [-0.2, -0.15) is 5.10 Å². The number of aromatic nitrogens is 2. The highest BCUT2D eigenvalue weighted by molar-refractivity contribution is 7.97. The summed E-state index contributed by atoms with van der Waals surface area (Å²) in [4.78, 5) is 10.2. The van der Waals surface area contributed by atoms with Gasteiger partial charge in [-0.05, 0) is 18.2 Å². The summed E-state index contributed by atoms with van der Waals surface area (Å²) in [6.07, 6.45) is 0.613. The normalized spacial score (nSPS) is 9.94. The standard InChI is InChI=1S/C11H11N3O2S/c1-16-10-5-3-2-4-8(10)9-6-11(14-13-9)17-12-7-15/h2-7H,1H3,(H,12,15)(H,13,14). The second-order valence-corrected chi connectivity index (χ2v) is 4.02. The minimum atomic E-state index is 0.613. The summed E-state index contributed by atoms with van der Waals surface area (Å²) >= 11 is 1.15. The van der Waals surface area contributed by atoms with Crippen LogP contribution in [0, 0.1) is 0 Å². The molecule has 17 heavy (non-hydrogen) atoms. The fourth-order valence-corrected chi connectivity index (χ4v) is 1.88. The predicted molar refractivity (Wildman–Crippen MR) is 65.6 cm³/mol. The molecule has 0 aliphatic rings. The topological polar surface area (TPSA) is 67.0 Å². The van der Waals surface area contributed by atoms with Crippen LogP contribution in [-0.2, 0) is 4.79 Å². The number of benzene rings is 1. The molecular formula is C11H11N3O2S. The minimum Gasteiger partial charge on any atom is -0.496 e. The van der Waals surface area contributed by atoms with E-state index in [1.165, 1.54) is 0 Å². The Kier molecular flexibility index (Phi) is 3.66. The number of para-hydroxylation sites is 1. The summed E-state index contributed by atoms with van der Waals surface area (Å²) in [7, 11) is 1.62. The zero-order valence-corrected chi connectivity index (χ0v) is 9.95. The highest BCUT2D eigenvalue weighted by Gasteiger charge is 2.08. The molecule has 0 fully saturated rings. The Morgan fingerprint density at radius 2 is 2.29 bits per heavy atom. The second kappa shape index (κ2) is 5.40. The van der Waals surface area contributed by atoms with Crippen molar-refractivity contribution in [2.45, 2.75) is 5.03 Å². The number of carbonyl (C=O) groups is 1. The van der Waals surface area contributed by atoms with Crippen LogP contribution in [0.15, 0.2) is 35.4 Å². The lowest BCUT2D eigenvalue weighted by atomic mass is 10.1. The average molecular weight is 249 g/mol. The van der Waals surface area contributed by atoms with E-state index in [4.69, 9.17) is 4.74 Å². The van der Waals surface area contributed by atoms with Gasteiger partial charge in [-0.1, -0.05) is 12.1 Å². The van der Waals surface area contributed by atoms with Gasteiger partial charge in [-0.25, -0.2) is 0 Å². The molecule has 0 atom stereocenters. The first-order valence-electron chi connectivity index (χ1n) is 4.90. The van der Waals surface area contributed by atoms with Crippen molar-refractivity contribution in [1.29, 1.82) is 0 Å². The maximum absolute atomic E-state index is 10.2. The number of nitrogens with one attached hydrogen (secondary N) is 2. The van der Waals surface area contributed by atoms with Gasteiger partial charge >= 0.3 is 0 Å². The molecule has 1 heterocycles. The average Bonchev–Trinajstić information content (AvgIpc) is 2.85. The molecule has 88 valence electrons. The van der Waals surface area contributed by atoms with Crippen LogP contribution in [0.5, 0.6) is 5.75 Å². The van der Waals surface area contributed by atoms with Gasteiger partial charge in [-0.3, -0.25) is 14.6 Å². The molecule has 0 aliphatic heterocycles. The lowest BCUT2D eigenvalue weighted by Gasteiger charge is -2.04. The number of rotatable bonds is 5. The van der Waals surface area contributed by atoms with Crippen LogP contribution in [0.4, 0.5) is 0 Å². The highest BCUT2D eigenvalue weighted by atomic mass is 32.2. The van der Waals surface area contributed by atoms with E-state index in [1.54, 1.807) is 7.11 Å². The van der Waals surface area contributed by atoms with Gasteiger partial charge < -0.3 is 4.74 Å². The summed E-state index contributed by atoms with van der Waals surface area (Å²) in [5.41, 5.74) is 1.78. The maximum atomic E-state index is 10.2. The van der Waals surface area contributed by atoms with Crippen LogP contribution in [0.2, 0.25) is 0 Å². The lowest BCUT2D eigenvalue weighted by molar-refractivity contribution is -0.107. The molecule has 0 unspecified atom stereocenters. The molecule has 0 saturated carbocycles. The van der Waals surface area contributed by atoms with Gasteiger partial charge in [0, 0.05) is 17.5 Å². The van der Waals surface area contributed by atoms with Crippen LogP contribution in [0.3, 0.4) is 0 Å².